The second-order valence-electron chi connectivity index (χ2n) is 5.75. The summed E-state index contributed by atoms with van der Waals surface area (Å²) >= 11 is 0. The van der Waals surface area contributed by atoms with Crippen LogP contribution in [0.3, 0.4) is 0 Å². The molecule has 0 bridgehead atoms. The summed E-state index contributed by atoms with van der Waals surface area (Å²) in [6.07, 6.45) is 3.76. The van der Waals surface area contributed by atoms with Gasteiger partial charge in [0.2, 0.25) is 0 Å². The summed E-state index contributed by atoms with van der Waals surface area (Å²) in [5, 5.41) is 1.86. The summed E-state index contributed by atoms with van der Waals surface area (Å²) in [7, 11) is 0. The first-order chi connectivity index (χ1) is 10.2. The number of aromatic nitrogens is 1. The molecule has 4 nitrogen and oxygen atoms in total. The number of rotatable bonds is 4. The molecule has 4 heteroatoms. The van der Waals surface area contributed by atoms with Gasteiger partial charge in [-0.1, -0.05) is 30.7 Å². The van der Waals surface area contributed by atoms with Gasteiger partial charge in [-0.15, -0.1) is 0 Å². The number of carbonyl (C=O) groups excluding carboxylic acids is 1. The van der Waals surface area contributed by atoms with E-state index in [0.717, 1.165) is 17.3 Å². The molecular weight excluding hydrogens is 262 g/mol. The van der Waals surface area contributed by atoms with Crippen LogP contribution in [0.5, 0.6) is 0 Å². The lowest BCUT2D eigenvalue weighted by atomic mass is 9.85. The van der Waals surface area contributed by atoms with Crippen molar-refractivity contribution in [3.05, 3.63) is 36.0 Å². The lowest BCUT2D eigenvalue weighted by Crippen LogP contribution is -2.37. The highest BCUT2D eigenvalue weighted by molar-refractivity contribution is 5.99. The molecule has 2 N–H and O–H groups in total. The number of hydrogen-bond acceptors (Lipinski definition) is 3. The monoisotopic (exact) mass is 283 g/mol. The van der Waals surface area contributed by atoms with E-state index in [1.165, 1.54) is 19.3 Å². The maximum Gasteiger partial charge on any atom is 0.272 e. The zero-order chi connectivity index (χ0) is 14.8. The number of amides is 1. The number of pyridine rings is 1. The zero-order valence-electron chi connectivity index (χ0n) is 12.4. The summed E-state index contributed by atoms with van der Waals surface area (Å²) < 4.78 is 0. The molecule has 1 amide bonds. The topological polar surface area (TPSA) is 59.2 Å². The van der Waals surface area contributed by atoms with Gasteiger partial charge in [0.05, 0.1) is 0 Å². The molecule has 0 aliphatic heterocycles. The molecule has 1 saturated carbocycles. The zero-order valence-corrected chi connectivity index (χ0v) is 12.4. The van der Waals surface area contributed by atoms with Crippen molar-refractivity contribution in [3.63, 3.8) is 0 Å². The molecule has 2 aromatic rings. The molecule has 0 spiro atoms. The molecule has 1 aliphatic rings. The summed E-state index contributed by atoms with van der Waals surface area (Å²) in [5.74, 6) is 1.07. The Labute approximate surface area is 125 Å². The summed E-state index contributed by atoms with van der Waals surface area (Å²) in [6, 6.07) is 9.61. The van der Waals surface area contributed by atoms with Crippen LogP contribution >= 0.6 is 0 Å². The fourth-order valence-corrected chi connectivity index (χ4v) is 2.84. The number of anilines is 1. The van der Waals surface area contributed by atoms with Crippen molar-refractivity contribution in [1.29, 1.82) is 0 Å². The van der Waals surface area contributed by atoms with Crippen molar-refractivity contribution in [1.82, 2.24) is 9.88 Å². The lowest BCUT2D eigenvalue weighted by molar-refractivity contribution is 0.0701. The van der Waals surface area contributed by atoms with Gasteiger partial charge < -0.3 is 10.6 Å². The fourth-order valence-electron chi connectivity index (χ4n) is 2.84. The Balaban J connectivity index is 1.88. The first-order valence-corrected chi connectivity index (χ1v) is 7.63. The highest BCUT2D eigenvalue weighted by atomic mass is 16.2. The van der Waals surface area contributed by atoms with E-state index in [-0.39, 0.29) is 5.91 Å². The minimum atomic E-state index is -0.0122. The number of nitrogens with two attached hydrogens (primary N) is 1. The van der Waals surface area contributed by atoms with Crippen molar-refractivity contribution in [2.45, 2.75) is 26.2 Å². The maximum absolute atomic E-state index is 12.7. The SMILES string of the molecule is CCN(CC1CCC1)C(=O)c1cc2ccccc2c(N)n1. The van der Waals surface area contributed by atoms with E-state index in [1.807, 2.05) is 42.2 Å². The first kappa shape index (κ1) is 13.9. The number of benzene rings is 1. The second kappa shape index (κ2) is 5.72. The Morgan fingerprint density at radius 3 is 2.81 bits per heavy atom. The Bertz CT molecular complexity index is 664. The van der Waals surface area contributed by atoms with Gasteiger partial charge in [0.15, 0.2) is 0 Å². The van der Waals surface area contributed by atoms with Crippen LogP contribution in [0.1, 0.15) is 36.7 Å². The van der Waals surface area contributed by atoms with Crippen molar-refractivity contribution < 1.29 is 4.79 Å². The molecule has 1 fully saturated rings. The molecule has 1 aromatic heterocycles. The third kappa shape index (κ3) is 2.71. The van der Waals surface area contributed by atoms with E-state index >= 15 is 0 Å². The average molecular weight is 283 g/mol. The minimum Gasteiger partial charge on any atom is -0.383 e. The van der Waals surface area contributed by atoms with Gasteiger partial charge in [-0.3, -0.25) is 4.79 Å². The maximum atomic E-state index is 12.7. The predicted molar refractivity (Wildman–Crippen MR) is 85.1 cm³/mol. The molecule has 1 heterocycles. The highest BCUT2D eigenvalue weighted by Crippen LogP contribution is 2.28. The molecule has 0 unspecified atom stereocenters. The second-order valence-corrected chi connectivity index (χ2v) is 5.75. The van der Waals surface area contributed by atoms with Crippen LogP contribution in [0.25, 0.3) is 10.8 Å². The van der Waals surface area contributed by atoms with Crippen LogP contribution in [0.4, 0.5) is 5.82 Å². The average Bonchev–Trinajstić information content (AvgIpc) is 2.46. The molecule has 21 heavy (non-hydrogen) atoms. The van der Waals surface area contributed by atoms with E-state index in [4.69, 9.17) is 5.73 Å². The largest absolute Gasteiger partial charge is 0.383 e. The van der Waals surface area contributed by atoms with Gasteiger partial charge >= 0.3 is 0 Å². The van der Waals surface area contributed by atoms with Crippen LogP contribution in [0.2, 0.25) is 0 Å². The van der Waals surface area contributed by atoms with Gasteiger partial charge in [0, 0.05) is 18.5 Å². The van der Waals surface area contributed by atoms with Crippen LogP contribution in [0, 0.1) is 5.92 Å². The van der Waals surface area contributed by atoms with Crippen molar-refractivity contribution >= 4 is 22.5 Å². The summed E-state index contributed by atoms with van der Waals surface area (Å²) in [4.78, 5) is 18.9. The number of carbonyl (C=O) groups is 1. The molecule has 0 radical (unpaired) electrons. The smallest absolute Gasteiger partial charge is 0.272 e. The Kier molecular flexibility index (Phi) is 3.78. The molecule has 0 atom stereocenters. The molecule has 1 aromatic carbocycles. The van der Waals surface area contributed by atoms with Crippen molar-refractivity contribution in [2.24, 2.45) is 5.92 Å². The third-order valence-electron chi connectivity index (χ3n) is 4.36. The van der Waals surface area contributed by atoms with E-state index in [1.54, 1.807) is 0 Å². The van der Waals surface area contributed by atoms with Crippen LogP contribution in [0.15, 0.2) is 30.3 Å². The van der Waals surface area contributed by atoms with E-state index in [0.29, 0.717) is 24.0 Å². The van der Waals surface area contributed by atoms with E-state index in [9.17, 15) is 4.79 Å². The first-order valence-electron chi connectivity index (χ1n) is 7.63. The number of hydrogen-bond donors (Lipinski definition) is 1. The standard InChI is InChI=1S/C17H21N3O/c1-2-20(11-12-6-5-7-12)17(21)15-10-13-8-3-4-9-14(13)16(18)19-15/h3-4,8-10,12H,2,5-7,11H2,1H3,(H2,18,19). The lowest BCUT2D eigenvalue weighted by Gasteiger charge is -2.31. The van der Waals surface area contributed by atoms with Gasteiger partial charge in [-0.05, 0) is 37.1 Å². The number of nitrogens with zero attached hydrogens (tertiary/aromatic N) is 2. The molecule has 110 valence electrons. The van der Waals surface area contributed by atoms with Gasteiger partial charge in [0.25, 0.3) is 5.91 Å². The van der Waals surface area contributed by atoms with Crippen molar-refractivity contribution in [3.8, 4) is 0 Å². The van der Waals surface area contributed by atoms with Crippen LogP contribution in [-0.2, 0) is 0 Å². The summed E-state index contributed by atoms with van der Waals surface area (Å²) in [6.45, 7) is 3.56. The Hall–Kier alpha value is -2.10. The molecule has 3 rings (SSSR count). The van der Waals surface area contributed by atoms with Crippen LogP contribution in [-0.4, -0.2) is 28.9 Å². The fraction of sp³-hybridized carbons (Fsp3) is 0.412. The quantitative estimate of drug-likeness (QED) is 0.938. The minimum absolute atomic E-state index is 0.0122. The number of nitrogen functional groups attached to an aromatic ring is 1. The van der Waals surface area contributed by atoms with Crippen molar-refractivity contribution in [2.75, 3.05) is 18.8 Å². The Morgan fingerprint density at radius 1 is 1.38 bits per heavy atom. The molecule has 1 aliphatic carbocycles. The van der Waals surface area contributed by atoms with Crippen LogP contribution < -0.4 is 5.73 Å². The number of fused-ring (bicyclic) bond motifs is 1. The third-order valence-corrected chi connectivity index (χ3v) is 4.36. The summed E-state index contributed by atoms with van der Waals surface area (Å²) in [5.41, 5.74) is 6.44. The highest BCUT2D eigenvalue weighted by Gasteiger charge is 2.24. The van der Waals surface area contributed by atoms with Gasteiger partial charge in [-0.2, -0.15) is 0 Å². The van der Waals surface area contributed by atoms with E-state index < -0.39 is 0 Å². The van der Waals surface area contributed by atoms with E-state index in [2.05, 4.69) is 4.98 Å². The van der Waals surface area contributed by atoms with Gasteiger partial charge in [0.1, 0.15) is 11.5 Å². The Morgan fingerprint density at radius 2 is 2.14 bits per heavy atom. The molecule has 0 saturated heterocycles. The normalized spacial score (nSPS) is 14.9. The van der Waals surface area contributed by atoms with Gasteiger partial charge in [-0.25, -0.2) is 4.98 Å². The predicted octanol–water partition coefficient (Wildman–Crippen LogP) is 3.08. The molecular formula is C17H21N3O.